The van der Waals surface area contributed by atoms with E-state index in [0.717, 1.165) is 30.3 Å². The van der Waals surface area contributed by atoms with E-state index < -0.39 is 0 Å². The number of hydrogen-bond acceptors (Lipinski definition) is 2. The molecule has 0 unspecified atom stereocenters. The Morgan fingerprint density at radius 1 is 1.00 bits per heavy atom. The molecule has 3 heteroatoms. The lowest BCUT2D eigenvalue weighted by Gasteiger charge is -2.26. The van der Waals surface area contributed by atoms with Gasteiger partial charge in [-0.3, -0.25) is 0 Å². The average molecular weight is 298 g/mol. The number of rotatable bonds is 9. The van der Waals surface area contributed by atoms with Crippen molar-refractivity contribution < 1.29 is 4.74 Å². The van der Waals surface area contributed by atoms with Gasteiger partial charge in [-0.15, -0.1) is 0 Å². The second-order valence-electron chi connectivity index (χ2n) is 6.20. The Labute approximate surface area is 129 Å². The standard InChI is InChI=1S/C17H28ClNO/c1-14(2)12-19(13-15(3)4)10-5-11-20-17-8-6-16(18)7-9-17/h6-9,14-15H,5,10-13H2,1-4H3. The molecule has 0 atom stereocenters. The lowest BCUT2D eigenvalue weighted by molar-refractivity contribution is 0.198. The van der Waals surface area contributed by atoms with Gasteiger partial charge >= 0.3 is 0 Å². The molecule has 0 bridgehead atoms. The second-order valence-corrected chi connectivity index (χ2v) is 6.64. The highest BCUT2D eigenvalue weighted by Crippen LogP contribution is 2.15. The van der Waals surface area contributed by atoms with Crippen molar-refractivity contribution in [3.63, 3.8) is 0 Å². The molecule has 114 valence electrons. The molecule has 1 aromatic carbocycles. The molecule has 0 aliphatic carbocycles. The van der Waals surface area contributed by atoms with Gasteiger partial charge in [0.1, 0.15) is 5.75 Å². The number of ether oxygens (including phenoxy) is 1. The molecule has 0 N–H and O–H groups in total. The largest absolute Gasteiger partial charge is 0.494 e. The third kappa shape index (κ3) is 7.76. The van der Waals surface area contributed by atoms with Gasteiger partial charge in [-0.05, 0) is 42.5 Å². The third-order valence-corrected chi connectivity index (χ3v) is 3.20. The maximum absolute atomic E-state index is 5.85. The molecular weight excluding hydrogens is 270 g/mol. The van der Waals surface area contributed by atoms with E-state index in [-0.39, 0.29) is 0 Å². The van der Waals surface area contributed by atoms with Crippen LogP contribution in [0.15, 0.2) is 24.3 Å². The zero-order chi connectivity index (χ0) is 15.0. The number of nitrogens with zero attached hydrogens (tertiary/aromatic N) is 1. The van der Waals surface area contributed by atoms with Gasteiger partial charge in [-0.1, -0.05) is 39.3 Å². The van der Waals surface area contributed by atoms with Crippen molar-refractivity contribution in [3.8, 4) is 5.75 Å². The van der Waals surface area contributed by atoms with E-state index in [1.807, 2.05) is 24.3 Å². The van der Waals surface area contributed by atoms with E-state index in [0.29, 0.717) is 11.8 Å². The number of halogens is 1. The first-order chi connectivity index (χ1) is 9.47. The molecule has 0 amide bonds. The minimum Gasteiger partial charge on any atom is -0.494 e. The van der Waals surface area contributed by atoms with E-state index in [9.17, 15) is 0 Å². The highest BCUT2D eigenvalue weighted by atomic mass is 35.5. The van der Waals surface area contributed by atoms with Gasteiger partial charge in [-0.2, -0.15) is 0 Å². The van der Waals surface area contributed by atoms with Crippen LogP contribution in [0.1, 0.15) is 34.1 Å². The molecule has 1 aromatic rings. The van der Waals surface area contributed by atoms with Crippen molar-refractivity contribution in [3.05, 3.63) is 29.3 Å². The van der Waals surface area contributed by atoms with Crippen LogP contribution in [0.5, 0.6) is 5.75 Å². The van der Waals surface area contributed by atoms with Gasteiger partial charge in [0.15, 0.2) is 0 Å². The van der Waals surface area contributed by atoms with Gasteiger partial charge in [-0.25, -0.2) is 0 Å². The summed E-state index contributed by atoms with van der Waals surface area (Å²) in [5.41, 5.74) is 0. The van der Waals surface area contributed by atoms with Crippen LogP contribution in [0.2, 0.25) is 5.02 Å². The smallest absolute Gasteiger partial charge is 0.119 e. The third-order valence-electron chi connectivity index (χ3n) is 2.95. The van der Waals surface area contributed by atoms with Crippen LogP contribution >= 0.6 is 11.6 Å². The van der Waals surface area contributed by atoms with Crippen LogP contribution in [0, 0.1) is 11.8 Å². The molecule has 0 saturated carbocycles. The Hall–Kier alpha value is -0.730. The summed E-state index contributed by atoms with van der Waals surface area (Å²) in [6, 6.07) is 7.56. The Bertz CT molecular complexity index is 352. The lowest BCUT2D eigenvalue weighted by atomic mass is 10.1. The van der Waals surface area contributed by atoms with Gasteiger partial charge in [0, 0.05) is 24.7 Å². The first kappa shape index (κ1) is 17.3. The molecule has 0 aliphatic rings. The molecule has 0 saturated heterocycles. The Kier molecular flexibility index (Phi) is 8.01. The van der Waals surface area contributed by atoms with Crippen LogP contribution in [0.4, 0.5) is 0 Å². The summed E-state index contributed by atoms with van der Waals surface area (Å²) in [5, 5.41) is 0.748. The molecule has 1 rings (SSSR count). The monoisotopic (exact) mass is 297 g/mol. The van der Waals surface area contributed by atoms with E-state index in [1.165, 1.54) is 13.1 Å². The van der Waals surface area contributed by atoms with Gasteiger partial charge in [0.25, 0.3) is 0 Å². The summed E-state index contributed by atoms with van der Waals surface area (Å²) < 4.78 is 5.74. The van der Waals surface area contributed by atoms with E-state index in [4.69, 9.17) is 16.3 Å². The SMILES string of the molecule is CC(C)CN(CCCOc1ccc(Cl)cc1)CC(C)C. The first-order valence-electron chi connectivity index (χ1n) is 7.58. The summed E-state index contributed by atoms with van der Waals surface area (Å²) in [4.78, 5) is 2.54. The van der Waals surface area contributed by atoms with Crippen LogP contribution in [0.25, 0.3) is 0 Å². The van der Waals surface area contributed by atoms with E-state index in [1.54, 1.807) is 0 Å². The van der Waals surface area contributed by atoms with Crippen molar-refractivity contribution in [1.82, 2.24) is 4.90 Å². The maximum Gasteiger partial charge on any atom is 0.119 e. The van der Waals surface area contributed by atoms with Crippen LogP contribution < -0.4 is 4.74 Å². The maximum atomic E-state index is 5.85. The molecule has 0 spiro atoms. The lowest BCUT2D eigenvalue weighted by Crippen LogP contribution is -2.33. The average Bonchev–Trinajstić information content (AvgIpc) is 2.35. The Morgan fingerprint density at radius 2 is 1.55 bits per heavy atom. The molecule has 0 aliphatic heterocycles. The molecular formula is C17H28ClNO. The van der Waals surface area contributed by atoms with E-state index >= 15 is 0 Å². The molecule has 0 fully saturated rings. The van der Waals surface area contributed by atoms with Crippen molar-refractivity contribution >= 4 is 11.6 Å². The van der Waals surface area contributed by atoms with Crippen LogP contribution in [0.3, 0.4) is 0 Å². The van der Waals surface area contributed by atoms with Gasteiger partial charge < -0.3 is 9.64 Å². The van der Waals surface area contributed by atoms with Gasteiger partial charge in [0.05, 0.1) is 6.61 Å². The number of hydrogen-bond donors (Lipinski definition) is 0. The molecule has 0 aromatic heterocycles. The van der Waals surface area contributed by atoms with E-state index in [2.05, 4.69) is 32.6 Å². The molecule has 0 radical (unpaired) electrons. The fourth-order valence-electron chi connectivity index (χ4n) is 2.30. The normalized spacial score (nSPS) is 11.6. The van der Waals surface area contributed by atoms with Crippen LogP contribution in [-0.4, -0.2) is 31.1 Å². The second kappa shape index (κ2) is 9.25. The zero-order valence-corrected chi connectivity index (χ0v) is 14.0. The zero-order valence-electron chi connectivity index (χ0n) is 13.2. The minimum absolute atomic E-state index is 0.714. The minimum atomic E-state index is 0.714. The summed E-state index contributed by atoms with van der Waals surface area (Å²) in [5.74, 6) is 2.32. The quantitative estimate of drug-likeness (QED) is 0.611. The summed E-state index contributed by atoms with van der Waals surface area (Å²) in [6.07, 6.45) is 1.06. The predicted octanol–water partition coefficient (Wildman–Crippen LogP) is 4.72. The fraction of sp³-hybridized carbons (Fsp3) is 0.647. The van der Waals surface area contributed by atoms with Crippen molar-refractivity contribution in [2.45, 2.75) is 34.1 Å². The highest BCUT2D eigenvalue weighted by molar-refractivity contribution is 6.30. The summed E-state index contributed by atoms with van der Waals surface area (Å²) in [6.45, 7) is 13.3. The fourth-order valence-corrected chi connectivity index (χ4v) is 2.42. The van der Waals surface area contributed by atoms with Crippen molar-refractivity contribution in [1.29, 1.82) is 0 Å². The van der Waals surface area contributed by atoms with Crippen molar-refractivity contribution in [2.24, 2.45) is 11.8 Å². The predicted molar refractivity (Wildman–Crippen MR) is 87.7 cm³/mol. The summed E-state index contributed by atoms with van der Waals surface area (Å²) >= 11 is 5.85. The first-order valence-corrected chi connectivity index (χ1v) is 7.96. The van der Waals surface area contributed by atoms with Crippen LogP contribution in [-0.2, 0) is 0 Å². The highest BCUT2D eigenvalue weighted by Gasteiger charge is 2.09. The van der Waals surface area contributed by atoms with Crippen molar-refractivity contribution in [2.75, 3.05) is 26.2 Å². The Morgan fingerprint density at radius 3 is 2.05 bits per heavy atom. The number of benzene rings is 1. The molecule has 20 heavy (non-hydrogen) atoms. The van der Waals surface area contributed by atoms with Gasteiger partial charge in [0.2, 0.25) is 0 Å². The molecule has 2 nitrogen and oxygen atoms in total. The topological polar surface area (TPSA) is 12.5 Å². The Balaban J connectivity index is 2.27. The molecule has 0 heterocycles. The summed E-state index contributed by atoms with van der Waals surface area (Å²) in [7, 11) is 0.